The smallest absolute Gasteiger partial charge is 0.323 e. The Balaban J connectivity index is 1.93. The van der Waals surface area contributed by atoms with E-state index >= 15 is 0 Å². The summed E-state index contributed by atoms with van der Waals surface area (Å²) >= 11 is 0. The zero-order valence-corrected chi connectivity index (χ0v) is 13.5. The molecule has 1 N–H and O–H groups in total. The van der Waals surface area contributed by atoms with Crippen LogP contribution in [0, 0.1) is 23.7 Å². The number of carbonyl (C=O) groups excluding carboxylic acids is 1. The lowest BCUT2D eigenvalue weighted by molar-refractivity contribution is -0.159. The maximum atomic E-state index is 12.4. The molecule has 0 aromatic carbocycles. The SMILES string of the molecule is CC1CCNC(C(=O)OC2CC(C)CCC2C(C)C)C1. The standard InChI is InChI=1S/C17H31NO2/c1-11(2)14-6-5-12(3)10-16(14)20-17(19)15-9-13(4)7-8-18-15/h11-16,18H,5-10H2,1-4H3. The van der Waals surface area contributed by atoms with Crippen LogP contribution in [0.5, 0.6) is 0 Å². The highest BCUT2D eigenvalue weighted by Gasteiger charge is 2.35. The highest BCUT2D eigenvalue weighted by molar-refractivity contribution is 5.76. The monoisotopic (exact) mass is 281 g/mol. The molecule has 1 heterocycles. The van der Waals surface area contributed by atoms with Gasteiger partial charge in [0.2, 0.25) is 0 Å². The van der Waals surface area contributed by atoms with E-state index in [4.69, 9.17) is 4.74 Å². The molecule has 116 valence electrons. The van der Waals surface area contributed by atoms with E-state index in [0.717, 1.165) is 19.4 Å². The van der Waals surface area contributed by atoms with Crippen LogP contribution in [0.3, 0.4) is 0 Å². The first-order valence-corrected chi connectivity index (χ1v) is 8.41. The Morgan fingerprint density at radius 2 is 1.80 bits per heavy atom. The van der Waals surface area contributed by atoms with Crippen molar-refractivity contribution in [2.75, 3.05) is 6.54 Å². The minimum Gasteiger partial charge on any atom is -0.461 e. The molecule has 0 spiro atoms. The van der Waals surface area contributed by atoms with Crippen molar-refractivity contribution in [3.05, 3.63) is 0 Å². The fourth-order valence-electron chi connectivity index (χ4n) is 3.77. The molecule has 0 aromatic heterocycles. The number of carbonyl (C=O) groups is 1. The van der Waals surface area contributed by atoms with Gasteiger partial charge in [-0.15, -0.1) is 0 Å². The number of rotatable bonds is 3. The molecular formula is C17H31NO2. The second kappa shape index (κ2) is 6.93. The van der Waals surface area contributed by atoms with Crippen molar-refractivity contribution in [1.29, 1.82) is 0 Å². The maximum absolute atomic E-state index is 12.4. The molecule has 1 aliphatic heterocycles. The third-order valence-corrected chi connectivity index (χ3v) is 5.18. The van der Waals surface area contributed by atoms with Crippen LogP contribution in [0.2, 0.25) is 0 Å². The average molecular weight is 281 g/mol. The minimum atomic E-state index is -0.0798. The summed E-state index contributed by atoms with van der Waals surface area (Å²) in [4.78, 5) is 12.4. The summed E-state index contributed by atoms with van der Waals surface area (Å²) in [5.74, 6) is 2.43. The van der Waals surface area contributed by atoms with Crippen LogP contribution in [-0.2, 0) is 9.53 Å². The maximum Gasteiger partial charge on any atom is 0.323 e. The van der Waals surface area contributed by atoms with Crippen LogP contribution in [0.15, 0.2) is 0 Å². The lowest BCUT2D eigenvalue weighted by Gasteiger charge is -2.38. The topological polar surface area (TPSA) is 38.3 Å². The molecule has 1 saturated heterocycles. The van der Waals surface area contributed by atoms with Gasteiger partial charge in [0.15, 0.2) is 0 Å². The quantitative estimate of drug-likeness (QED) is 0.806. The van der Waals surface area contributed by atoms with E-state index in [1.54, 1.807) is 0 Å². The summed E-state index contributed by atoms with van der Waals surface area (Å²) in [6.07, 6.45) is 5.73. The van der Waals surface area contributed by atoms with Gasteiger partial charge in [0.05, 0.1) is 0 Å². The van der Waals surface area contributed by atoms with E-state index in [1.165, 1.54) is 19.3 Å². The molecule has 0 radical (unpaired) electrons. The molecule has 2 rings (SSSR count). The molecule has 5 unspecified atom stereocenters. The molecule has 2 fully saturated rings. The van der Waals surface area contributed by atoms with Crippen molar-refractivity contribution in [2.45, 2.75) is 71.9 Å². The van der Waals surface area contributed by atoms with Gasteiger partial charge >= 0.3 is 5.97 Å². The highest BCUT2D eigenvalue weighted by Crippen LogP contribution is 2.35. The number of ether oxygens (including phenoxy) is 1. The van der Waals surface area contributed by atoms with Crippen LogP contribution in [0.25, 0.3) is 0 Å². The molecule has 0 aromatic rings. The number of hydrogen-bond donors (Lipinski definition) is 1. The minimum absolute atomic E-state index is 0.0127. The predicted octanol–water partition coefficient (Wildman–Crippen LogP) is 3.38. The second-order valence-electron chi connectivity index (χ2n) is 7.44. The van der Waals surface area contributed by atoms with E-state index in [0.29, 0.717) is 23.7 Å². The van der Waals surface area contributed by atoms with Crippen molar-refractivity contribution in [3.8, 4) is 0 Å². The Morgan fingerprint density at radius 3 is 2.45 bits per heavy atom. The van der Waals surface area contributed by atoms with Crippen LogP contribution >= 0.6 is 0 Å². The first kappa shape index (κ1) is 15.8. The number of esters is 1. The molecule has 2 aliphatic rings. The molecule has 3 heteroatoms. The van der Waals surface area contributed by atoms with Crippen LogP contribution < -0.4 is 5.32 Å². The van der Waals surface area contributed by atoms with Crippen molar-refractivity contribution >= 4 is 5.97 Å². The van der Waals surface area contributed by atoms with Gasteiger partial charge in [0, 0.05) is 0 Å². The van der Waals surface area contributed by atoms with Crippen LogP contribution in [-0.4, -0.2) is 24.7 Å². The van der Waals surface area contributed by atoms with Crippen molar-refractivity contribution in [2.24, 2.45) is 23.7 Å². The van der Waals surface area contributed by atoms with Crippen molar-refractivity contribution < 1.29 is 9.53 Å². The first-order chi connectivity index (χ1) is 9.47. The number of piperidine rings is 1. The molecule has 5 atom stereocenters. The van der Waals surface area contributed by atoms with Gasteiger partial charge in [-0.1, -0.05) is 34.1 Å². The molecule has 1 saturated carbocycles. The lowest BCUT2D eigenvalue weighted by atomic mass is 9.75. The van der Waals surface area contributed by atoms with E-state index in [9.17, 15) is 4.79 Å². The van der Waals surface area contributed by atoms with Crippen LogP contribution in [0.4, 0.5) is 0 Å². The Kier molecular flexibility index (Phi) is 5.48. The molecule has 1 aliphatic carbocycles. The second-order valence-corrected chi connectivity index (χ2v) is 7.44. The Bertz CT molecular complexity index is 329. The van der Waals surface area contributed by atoms with E-state index in [2.05, 4.69) is 33.0 Å². The van der Waals surface area contributed by atoms with Gasteiger partial charge in [0.1, 0.15) is 12.1 Å². The van der Waals surface area contributed by atoms with E-state index < -0.39 is 0 Å². The zero-order chi connectivity index (χ0) is 14.7. The molecule has 0 amide bonds. The molecule has 3 nitrogen and oxygen atoms in total. The summed E-state index contributed by atoms with van der Waals surface area (Å²) in [5, 5.41) is 3.32. The normalized spacial score (nSPS) is 38.8. The van der Waals surface area contributed by atoms with Crippen molar-refractivity contribution in [1.82, 2.24) is 5.32 Å². The van der Waals surface area contributed by atoms with Gasteiger partial charge in [0.25, 0.3) is 0 Å². The fraction of sp³-hybridized carbons (Fsp3) is 0.941. The Hall–Kier alpha value is -0.570. The summed E-state index contributed by atoms with van der Waals surface area (Å²) < 4.78 is 5.92. The van der Waals surface area contributed by atoms with Gasteiger partial charge < -0.3 is 10.1 Å². The van der Waals surface area contributed by atoms with Gasteiger partial charge in [-0.2, -0.15) is 0 Å². The highest BCUT2D eigenvalue weighted by atomic mass is 16.5. The zero-order valence-electron chi connectivity index (χ0n) is 13.5. The van der Waals surface area contributed by atoms with Gasteiger partial charge in [-0.05, 0) is 55.9 Å². The summed E-state index contributed by atoms with van der Waals surface area (Å²) in [5.41, 5.74) is 0. The van der Waals surface area contributed by atoms with E-state index in [1.807, 2.05) is 0 Å². The van der Waals surface area contributed by atoms with Crippen LogP contribution in [0.1, 0.15) is 59.8 Å². The molecule has 0 bridgehead atoms. The lowest BCUT2D eigenvalue weighted by Crippen LogP contribution is -2.46. The van der Waals surface area contributed by atoms with Gasteiger partial charge in [-0.25, -0.2) is 0 Å². The van der Waals surface area contributed by atoms with Gasteiger partial charge in [-0.3, -0.25) is 4.79 Å². The first-order valence-electron chi connectivity index (χ1n) is 8.41. The molecule has 20 heavy (non-hydrogen) atoms. The Labute approximate surface area is 123 Å². The summed E-state index contributed by atoms with van der Waals surface area (Å²) in [7, 11) is 0. The third-order valence-electron chi connectivity index (χ3n) is 5.18. The average Bonchev–Trinajstić information content (AvgIpc) is 2.38. The Morgan fingerprint density at radius 1 is 1.10 bits per heavy atom. The number of nitrogens with one attached hydrogen (secondary N) is 1. The van der Waals surface area contributed by atoms with E-state index in [-0.39, 0.29) is 18.1 Å². The fourth-order valence-corrected chi connectivity index (χ4v) is 3.77. The third kappa shape index (κ3) is 3.97. The predicted molar refractivity (Wildman–Crippen MR) is 81.4 cm³/mol. The van der Waals surface area contributed by atoms with Crippen molar-refractivity contribution in [3.63, 3.8) is 0 Å². The summed E-state index contributed by atoms with van der Waals surface area (Å²) in [6.45, 7) is 9.94. The molecular weight excluding hydrogens is 250 g/mol. The number of hydrogen-bond acceptors (Lipinski definition) is 3. The summed E-state index contributed by atoms with van der Waals surface area (Å²) in [6, 6.07) is -0.0798. The largest absolute Gasteiger partial charge is 0.461 e.